The average molecular weight is 358 g/mol. The molecule has 2 amide bonds. The maximum absolute atomic E-state index is 12.8. The van der Waals surface area contributed by atoms with Crippen molar-refractivity contribution in [3.05, 3.63) is 11.9 Å². The minimum absolute atomic E-state index is 0.125. The van der Waals surface area contributed by atoms with Crippen molar-refractivity contribution in [2.75, 3.05) is 18.4 Å². The SMILES string of the molecule is O=C(Nc1cn[nH]c1C1CCCN(C(=O)C2CCCC2)C1)C1CCCC1. The molecule has 0 radical (unpaired) electrons. The zero-order valence-electron chi connectivity index (χ0n) is 15.5. The minimum Gasteiger partial charge on any atom is -0.342 e. The fraction of sp³-hybridized carbons (Fsp3) is 0.750. The Morgan fingerprint density at radius 2 is 1.69 bits per heavy atom. The molecule has 1 aromatic heterocycles. The van der Waals surface area contributed by atoms with Crippen LogP contribution in [0.25, 0.3) is 0 Å². The van der Waals surface area contributed by atoms with Crippen LogP contribution in [0.4, 0.5) is 5.69 Å². The summed E-state index contributed by atoms with van der Waals surface area (Å²) in [5, 5.41) is 10.4. The molecule has 2 aliphatic carbocycles. The number of hydrogen-bond acceptors (Lipinski definition) is 3. The van der Waals surface area contributed by atoms with Crippen LogP contribution in [0.3, 0.4) is 0 Å². The van der Waals surface area contributed by atoms with Gasteiger partial charge in [-0.15, -0.1) is 0 Å². The van der Waals surface area contributed by atoms with Crippen molar-refractivity contribution in [1.29, 1.82) is 0 Å². The number of nitrogens with zero attached hydrogens (tertiary/aromatic N) is 2. The molecule has 6 heteroatoms. The Morgan fingerprint density at radius 1 is 1.00 bits per heavy atom. The second kappa shape index (κ2) is 7.80. The first-order chi connectivity index (χ1) is 12.7. The summed E-state index contributed by atoms with van der Waals surface area (Å²) in [5.41, 5.74) is 1.79. The third kappa shape index (κ3) is 3.64. The number of anilines is 1. The van der Waals surface area contributed by atoms with Crippen LogP contribution < -0.4 is 5.32 Å². The summed E-state index contributed by atoms with van der Waals surface area (Å²) in [6.07, 6.45) is 12.5. The molecular formula is C20H30N4O2. The van der Waals surface area contributed by atoms with Gasteiger partial charge in [-0.2, -0.15) is 5.10 Å². The molecule has 3 aliphatic rings. The molecule has 0 aromatic carbocycles. The molecule has 2 heterocycles. The standard InChI is InChI=1S/C20H30N4O2/c25-19(14-6-1-2-7-14)22-17-12-21-23-18(17)16-10-5-11-24(13-16)20(26)15-8-3-4-9-15/h12,14-16H,1-11,13H2,(H,21,23)(H,22,25). The number of aromatic amines is 1. The van der Waals surface area contributed by atoms with Crippen molar-refractivity contribution < 1.29 is 9.59 Å². The second-order valence-corrected chi connectivity index (χ2v) is 8.27. The predicted molar refractivity (Wildman–Crippen MR) is 99.7 cm³/mol. The average Bonchev–Trinajstić information content (AvgIpc) is 3.43. The van der Waals surface area contributed by atoms with Crippen LogP contribution >= 0.6 is 0 Å². The van der Waals surface area contributed by atoms with Crippen LogP contribution in [0.1, 0.15) is 75.8 Å². The quantitative estimate of drug-likeness (QED) is 0.865. The normalized spacial score (nSPS) is 24.9. The number of aromatic nitrogens is 2. The first-order valence-electron chi connectivity index (χ1n) is 10.4. The van der Waals surface area contributed by atoms with Crippen molar-refractivity contribution in [3.63, 3.8) is 0 Å². The van der Waals surface area contributed by atoms with Crippen molar-refractivity contribution in [2.45, 2.75) is 70.1 Å². The molecule has 1 unspecified atom stereocenters. The number of rotatable bonds is 4. The van der Waals surface area contributed by atoms with E-state index in [-0.39, 0.29) is 23.7 Å². The third-order valence-corrected chi connectivity index (χ3v) is 6.50. The minimum atomic E-state index is 0.125. The van der Waals surface area contributed by atoms with Gasteiger partial charge in [-0.25, -0.2) is 0 Å². The molecule has 1 atom stereocenters. The zero-order valence-corrected chi connectivity index (χ0v) is 15.5. The number of carbonyl (C=O) groups excluding carboxylic acids is 2. The van der Waals surface area contributed by atoms with E-state index in [0.717, 1.165) is 75.8 Å². The summed E-state index contributed by atoms with van der Waals surface area (Å²) in [4.78, 5) is 27.3. The van der Waals surface area contributed by atoms with Gasteiger partial charge >= 0.3 is 0 Å². The lowest BCUT2D eigenvalue weighted by Gasteiger charge is -2.34. The molecule has 0 bridgehead atoms. The summed E-state index contributed by atoms with van der Waals surface area (Å²) < 4.78 is 0. The smallest absolute Gasteiger partial charge is 0.227 e. The Kier molecular flexibility index (Phi) is 5.27. The van der Waals surface area contributed by atoms with Gasteiger partial charge in [0.15, 0.2) is 0 Å². The molecule has 0 spiro atoms. The highest BCUT2D eigenvalue weighted by molar-refractivity contribution is 5.93. The number of H-pyrrole nitrogens is 1. The van der Waals surface area contributed by atoms with Gasteiger partial charge in [0.2, 0.25) is 11.8 Å². The van der Waals surface area contributed by atoms with Crippen LogP contribution in [-0.2, 0) is 9.59 Å². The molecule has 1 saturated heterocycles. The molecule has 2 saturated carbocycles. The summed E-state index contributed by atoms with van der Waals surface area (Å²) in [7, 11) is 0. The van der Waals surface area contributed by atoms with Crippen LogP contribution in [0, 0.1) is 11.8 Å². The monoisotopic (exact) mass is 358 g/mol. The number of piperidine rings is 1. The van der Waals surface area contributed by atoms with E-state index < -0.39 is 0 Å². The van der Waals surface area contributed by atoms with Gasteiger partial charge in [0.25, 0.3) is 0 Å². The molecule has 26 heavy (non-hydrogen) atoms. The van der Waals surface area contributed by atoms with Gasteiger partial charge in [-0.3, -0.25) is 14.7 Å². The first kappa shape index (κ1) is 17.6. The van der Waals surface area contributed by atoms with E-state index >= 15 is 0 Å². The van der Waals surface area contributed by atoms with Gasteiger partial charge in [-0.05, 0) is 38.5 Å². The van der Waals surface area contributed by atoms with Crippen LogP contribution in [-0.4, -0.2) is 40.0 Å². The number of carbonyl (C=O) groups is 2. The topological polar surface area (TPSA) is 78.1 Å². The van der Waals surface area contributed by atoms with Gasteiger partial charge in [-0.1, -0.05) is 25.7 Å². The molecule has 1 aliphatic heterocycles. The van der Waals surface area contributed by atoms with Crippen molar-refractivity contribution in [2.24, 2.45) is 11.8 Å². The molecule has 6 nitrogen and oxygen atoms in total. The van der Waals surface area contributed by atoms with Crippen molar-refractivity contribution >= 4 is 17.5 Å². The summed E-state index contributed by atoms with van der Waals surface area (Å²) in [5.74, 6) is 1.07. The lowest BCUT2D eigenvalue weighted by Crippen LogP contribution is -2.42. The maximum Gasteiger partial charge on any atom is 0.227 e. The molecule has 4 rings (SSSR count). The Balaban J connectivity index is 1.41. The fourth-order valence-corrected chi connectivity index (χ4v) is 4.97. The van der Waals surface area contributed by atoms with Crippen LogP contribution in [0.15, 0.2) is 6.20 Å². The largest absolute Gasteiger partial charge is 0.342 e. The summed E-state index contributed by atoms with van der Waals surface area (Å²) in [6, 6.07) is 0. The lowest BCUT2D eigenvalue weighted by atomic mass is 9.92. The Bertz CT molecular complexity index is 644. The number of amides is 2. The highest BCUT2D eigenvalue weighted by atomic mass is 16.2. The maximum atomic E-state index is 12.8. The van der Waals surface area contributed by atoms with E-state index in [9.17, 15) is 9.59 Å². The van der Waals surface area contributed by atoms with Crippen LogP contribution in [0.2, 0.25) is 0 Å². The zero-order chi connectivity index (χ0) is 17.9. The summed E-state index contributed by atoms with van der Waals surface area (Å²) >= 11 is 0. The number of likely N-dealkylation sites (tertiary alicyclic amines) is 1. The highest BCUT2D eigenvalue weighted by Crippen LogP contribution is 2.34. The van der Waals surface area contributed by atoms with E-state index in [0.29, 0.717) is 5.91 Å². The van der Waals surface area contributed by atoms with Gasteiger partial charge < -0.3 is 10.2 Å². The molecule has 1 aromatic rings. The van der Waals surface area contributed by atoms with E-state index in [1.807, 2.05) is 4.90 Å². The van der Waals surface area contributed by atoms with Gasteiger partial charge in [0.05, 0.1) is 17.6 Å². The highest BCUT2D eigenvalue weighted by Gasteiger charge is 2.33. The number of hydrogen-bond donors (Lipinski definition) is 2. The summed E-state index contributed by atoms with van der Waals surface area (Å²) in [6.45, 7) is 1.60. The second-order valence-electron chi connectivity index (χ2n) is 8.27. The predicted octanol–water partition coefficient (Wildman–Crippen LogP) is 3.43. The Hall–Kier alpha value is -1.85. The molecule has 3 fully saturated rings. The molecule has 142 valence electrons. The molecule has 2 N–H and O–H groups in total. The fourth-order valence-electron chi connectivity index (χ4n) is 4.97. The Labute approximate surface area is 155 Å². The lowest BCUT2D eigenvalue weighted by molar-refractivity contribution is -0.136. The number of nitrogens with one attached hydrogen (secondary N) is 2. The van der Waals surface area contributed by atoms with Crippen molar-refractivity contribution in [1.82, 2.24) is 15.1 Å². The van der Waals surface area contributed by atoms with E-state index in [1.165, 1.54) is 12.8 Å². The molecular weight excluding hydrogens is 328 g/mol. The first-order valence-corrected chi connectivity index (χ1v) is 10.4. The van der Waals surface area contributed by atoms with E-state index in [1.54, 1.807) is 6.20 Å². The third-order valence-electron chi connectivity index (χ3n) is 6.50. The van der Waals surface area contributed by atoms with E-state index in [2.05, 4.69) is 15.5 Å². The Morgan fingerprint density at radius 3 is 2.42 bits per heavy atom. The van der Waals surface area contributed by atoms with Crippen LogP contribution in [0.5, 0.6) is 0 Å². The van der Waals surface area contributed by atoms with Crippen molar-refractivity contribution in [3.8, 4) is 0 Å². The van der Waals surface area contributed by atoms with E-state index in [4.69, 9.17) is 0 Å². The van der Waals surface area contributed by atoms with Gasteiger partial charge in [0, 0.05) is 30.8 Å². The van der Waals surface area contributed by atoms with Gasteiger partial charge in [0.1, 0.15) is 0 Å².